The Balaban J connectivity index is 1.86. The molecule has 2 aliphatic rings. The second-order valence-corrected chi connectivity index (χ2v) is 5.56. The summed E-state index contributed by atoms with van der Waals surface area (Å²) >= 11 is 0. The van der Waals surface area contributed by atoms with Crippen molar-refractivity contribution in [2.45, 2.75) is 58.0 Å². The van der Waals surface area contributed by atoms with E-state index in [0.717, 1.165) is 12.0 Å². The molecule has 0 aliphatic carbocycles. The number of nitrogens with one attached hydrogen (secondary N) is 1. The van der Waals surface area contributed by atoms with Crippen molar-refractivity contribution in [2.24, 2.45) is 5.92 Å². The second-order valence-electron chi connectivity index (χ2n) is 5.56. The third-order valence-corrected chi connectivity index (χ3v) is 4.02. The van der Waals surface area contributed by atoms with Gasteiger partial charge in [-0.3, -0.25) is 0 Å². The smallest absolute Gasteiger partial charge is 0.0136 e. The molecule has 2 rings (SSSR count). The Morgan fingerprint density at radius 3 is 2.73 bits per heavy atom. The summed E-state index contributed by atoms with van der Waals surface area (Å²) in [6, 6.07) is 1.54. The van der Waals surface area contributed by atoms with Crippen molar-refractivity contribution >= 4 is 0 Å². The monoisotopic (exact) mass is 210 g/mol. The minimum Gasteiger partial charge on any atom is -0.314 e. The van der Waals surface area contributed by atoms with Gasteiger partial charge in [-0.25, -0.2) is 0 Å². The SMILES string of the molecule is CC(C)NC[C@H]1CCCN2CCCC[C@H]12. The van der Waals surface area contributed by atoms with Crippen LogP contribution in [0.25, 0.3) is 0 Å². The molecule has 0 aromatic carbocycles. The fourth-order valence-electron chi connectivity index (χ4n) is 3.20. The van der Waals surface area contributed by atoms with Crippen LogP contribution in [0.4, 0.5) is 0 Å². The van der Waals surface area contributed by atoms with Crippen molar-refractivity contribution in [1.29, 1.82) is 0 Å². The van der Waals surface area contributed by atoms with Crippen LogP contribution in [0.15, 0.2) is 0 Å². The second kappa shape index (κ2) is 5.31. The molecule has 2 heteroatoms. The zero-order chi connectivity index (χ0) is 10.7. The van der Waals surface area contributed by atoms with Gasteiger partial charge in [-0.1, -0.05) is 20.3 Å². The van der Waals surface area contributed by atoms with Crippen LogP contribution in [0, 0.1) is 5.92 Å². The number of fused-ring (bicyclic) bond motifs is 1. The highest BCUT2D eigenvalue weighted by Gasteiger charge is 2.32. The molecule has 0 amide bonds. The van der Waals surface area contributed by atoms with Crippen LogP contribution in [0.3, 0.4) is 0 Å². The highest BCUT2D eigenvalue weighted by molar-refractivity contribution is 4.88. The number of hydrogen-bond donors (Lipinski definition) is 1. The summed E-state index contributed by atoms with van der Waals surface area (Å²) in [6.07, 6.45) is 7.20. The van der Waals surface area contributed by atoms with Crippen LogP contribution in [0.1, 0.15) is 46.0 Å². The molecule has 2 fully saturated rings. The molecule has 2 saturated heterocycles. The predicted octanol–water partition coefficient (Wildman–Crippen LogP) is 2.25. The molecule has 0 unspecified atom stereocenters. The normalized spacial score (nSPS) is 33.0. The van der Waals surface area contributed by atoms with Crippen LogP contribution < -0.4 is 5.32 Å². The Morgan fingerprint density at radius 1 is 1.13 bits per heavy atom. The van der Waals surface area contributed by atoms with Crippen molar-refractivity contribution in [2.75, 3.05) is 19.6 Å². The molecule has 88 valence electrons. The van der Waals surface area contributed by atoms with Crippen LogP contribution >= 0.6 is 0 Å². The van der Waals surface area contributed by atoms with Gasteiger partial charge in [0.2, 0.25) is 0 Å². The summed E-state index contributed by atoms with van der Waals surface area (Å²) in [5.74, 6) is 0.918. The van der Waals surface area contributed by atoms with E-state index in [0.29, 0.717) is 6.04 Å². The van der Waals surface area contributed by atoms with E-state index >= 15 is 0 Å². The van der Waals surface area contributed by atoms with Gasteiger partial charge in [0.15, 0.2) is 0 Å². The minimum absolute atomic E-state index is 0.643. The highest BCUT2D eigenvalue weighted by atomic mass is 15.2. The Hall–Kier alpha value is -0.0800. The molecule has 2 aliphatic heterocycles. The number of piperidine rings is 2. The maximum Gasteiger partial charge on any atom is 0.0136 e. The lowest BCUT2D eigenvalue weighted by Gasteiger charge is -2.44. The fraction of sp³-hybridized carbons (Fsp3) is 1.00. The summed E-state index contributed by atoms with van der Waals surface area (Å²) in [5, 5.41) is 3.62. The van der Waals surface area contributed by atoms with Crippen molar-refractivity contribution < 1.29 is 0 Å². The molecule has 0 radical (unpaired) electrons. The molecule has 0 spiro atoms. The summed E-state index contributed by atoms with van der Waals surface area (Å²) in [5.41, 5.74) is 0. The maximum atomic E-state index is 3.62. The number of hydrogen-bond acceptors (Lipinski definition) is 2. The van der Waals surface area contributed by atoms with Gasteiger partial charge in [-0.15, -0.1) is 0 Å². The molecule has 0 aromatic heterocycles. The third-order valence-electron chi connectivity index (χ3n) is 4.02. The van der Waals surface area contributed by atoms with E-state index in [1.165, 1.54) is 51.7 Å². The predicted molar refractivity (Wildman–Crippen MR) is 65.1 cm³/mol. The van der Waals surface area contributed by atoms with Crippen molar-refractivity contribution in [3.63, 3.8) is 0 Å². The summed E-state index contributed by atoms with van der Waals surface area (Å²) in [6.45, 7) is 8.47. The molecule has 2 nitrogen and oxygen atoms in total. The molecule has 2 heterocycles. The van der Waals surface area contributed by atoms with Gasteiger partial charge in [-0.2, -0.15) is 0 Å². The first-order valence-corrected chi connectivity index (χ1v) is 6.75. The quantitative estimate of drug-likeness (QED) is 0.768. The first-order valence-electron chi connectivity index (χ1n) is 6.75. The van der Waals surface area contributed by atoms with Gasteiger partial charge < -0.3 is 10.2 Å². The van der Waals surface area contributed by atoms with Gasteiger partial charge in [0.1, 0.15) is 0 Å². The lowest BCUT2D eigenvalue weighted by Crippen LogP contribution is -2.51. The molecular weight excluding hydrogens is 184 g/mol. The van der Waals surface area contributed by atoms with Crippen LogP contribution in [0.5, 0.6) is 0 Å². The third kappa shape index (κ3) is 2.94. The molecule has 0 saturated carbocycles. The summed E-state index contributed by atoms with van der Waals surface area (Å²) in [4.78, 5) is 2.75. The topological polar surface area (TPSA) is 15.3 Å². The van der Waals surface area contributed by atoms with Gasteiger partial charge in [0.25, 0.3) is 0 Å². The Morgan fingerprint density at radius 2 is 1.93 bits per heavy atom. The fourth-order valence-corrected chi connectivity index (χ4v) is 3.20. The maximum absolute atomic E-state index is 3.62. The van der Waals surface area contributed by atoms with E-state index in [-0.39, 0.29) is 0 Å². The molecular formula is C13H26N2. The molecule has 2 atom stereocenters. The van der Waals surface area contributed by atoms with Crippen molar-refractivity contribution in [3.8, 4) is 0 Å². The van der Waals surface area contributed by atoms with E-state index in [2.05, 4.69) is 24.1 Å². The largest absolute Gasteiger partial charge is 0.314 e. The summed E-state index contributed by atoms with van der Waals surface area (Å²) in [7, 11) is 0. The van der Waals surface area contributed by atoms with Crippen LogP contribution in [0.2, 0.25) is 0 Å². The minimum atomic E-state index is 0.643. The van der Waals surface area contributed by atoms with Crippen LogP contribution in [-0.4, -0.2) is 36.6 Å². The zero-order valence-corrected chi connectivity index (χ0v) is 10.3. The van der Waals surface area contributed by atoms with E-state index in [4.69, 9.17) is 0 Å². The molecule has 15 heavy (non-hydrogen) atoms. The first kappa shape index (κ1) is 11.4. The lowest BCUT2D eigenvalue weighted by atomic mass is 9.83. The van der Waals surface area contributed by atoms with Crippen LogP contribution in [-0.2, 0) is 0 Å². The number of rotatable bonds is 3. The Kier molecular flexibility index (Phi) is 4.04. The lowest BCUT2D eigenvalue weighted by molar-refractivity contribution is 0.0587. The van der Waals surface area contributed by atoms with Gasteiger partial charge >= 0.3 is 0 Å². The Labute approximate surface area is 94.4 Å². The Bertz CT molecular complexity index is 189. The van der Waals surface area contributed by atoms with Crippen molar-refractivity contribution in [3.05, 3.63) is 0 Å². The average Bonchev–Trinajstić information content (AvgIpc) is 2.26. The van der Waals surface area contributed by atoms with E-state index in [1.54, 1.807) is 0 Å². The van der Waals surface area contributed by atoms with Gasteiger partial charge in [0, 0.05) is 12.1 Å². The standard InChI is InChI=1S/C13H26N2/c1-11(2)14-10-12-6-5-9-15-8-4-3-7-13(12)15/h11-14H,3-10H2,1-2H3/t12-,13-/m1/s1. The zero-order valence-electron chi connectivity index (χ0n) is 10.3. The van der Waals surface area contributed by atoms with Gasteiger partial charge in [0.05, 0.1) is 0 Å². The van der Waals surface area contributed by atoms with E-state index < -0.39 is 0 Å². The first-order chi connectivity index (χ1) is 7.27. The average molecular weight is 210 g/mol. The van der Waals surface area contributed by atoms with E-state index in [1.807, 2.05) is 0 Å². The molecule has 0 aromatic rings. The highest BCUT2D eigenvalue weighted by Crippen LogP contribution is 2.30. The molecule has 1 N–H and O–H groups in total. The van der Waals surface area contributed by atoms with Gasteiger partial charge in [-0.05, 0) is 51.2 Å². The molecule has 0 bridgehead atoms. The van der Waals surface area contributed by atoms with E-state index in [9.17, 15) is 0 Å². The summed E-state index contributed by atoms with van der Waals surface area (Å²) < 4.78 is 0. The van der Waals surface area contributed by atoms with Crippen molar-refractivity contribution in [1.82, 2.24) is 10.2 Å². The number of nitrogens with zero attached hydrogens (tertiary/aromatic N) is 1.